The number of rotatable bonds is 3. The molecule has 0 aromatic heterocycles. The number of amides is 1. The number of nitrogens with zero attached hydrogens (tertiary/aromatic N) is 1. The molecule has 102 valence electrons. The summed E-state index contributed by atoms with van der Waals surface area (Å²) in [4.78, 5) is 14.3. The Bertz CT molecular complexity index is 455. The van der Waals surface area contributed by atoms with Gasteiger partial charge in [-0.1, -0.05) is 18.2 Å². The third-order valence-electron chi connectivity index (χ3n) is 3.88. The van der Waals surface area contributed by atoms with Crippen LogP contribution in [-0.2, 0) is 16.0 Å². The van der Waals surface area contributed by atoms with Crippen LogP contribution in [0.2, 0.25) is 0 Å². The predicted molar refractivity (Wildman–Crippen MR) is 74.3 cm³/mol. The van der Waals surface area contributed by atoms with E-state index in [-0.39, 0.29) is 5.91 Å². The second-order valence-corrected chi connectivity index (χ2v) is 5.22. The Morgan fingerprint density at radius 3 is 3.16 bits per heavy atom. The van der Waals surface area contributed by atoms with Crippen LogP contribution in [0.1, 0.15) is 18.4 Å². The Morgan fingerprint density at radius 1 is 1.42 bits per heavy atom. The van der Waals surface area contributed by atoms with Gasteiger partial charge in [0.05, 0.1) is 13.2 Å². The van der Waals surface area contributed by atoms with Crippen LogP contribution in [0.15, 0.2) is 24.3 Å². The zero-order valence-electron chi connectivity index (χ0n) is 11.1. The number of nitrogens with one attached hydrogen (secondary N) is 1. The van der Waals surface area contributed by atoms with E-state index in [1.54, 1.807) is 0 Å². The minimum absolute atomic E-state index is 0.166. The summed E-state index contributed by atoms with van der Waals surface area (Å²) in [5, 5.41) is 3.29. The van der Waals surface area contributed by atoms with Crippen LogP contribution in [0.5, 0.6) is 0 Å². The van der Waals surface area contributed by atoms with Gasteiger partial charge in [-0.25, -0.2) is 0 Å². The van der Waals surface area contributed by atoms with E-state index >= 15 is 0 Å². The average molecular weight is 260 g/mol. The lowest BCUT2D eigenvalue weighted by Crippen LogP contribution is -2.44. The topological polar surface area (TPSA) is 41.6 Å². The minimum Gasteiger partial charge on any atom is -0.380 e. The Balaban J connectivity index is 1.64. The van der Waals surface area contributed by atoms with Crippen molar-refractivity contribution in [2.45, 2.75) is 25.3 Å². The van der Waals surface area contributed by atoms with Gasteiger partial charge in [-0.3, -0.25) is 4.79 Å². The molecule has 4 heteroatoms. The van der Waals surface area contributed by atoms with Crippen LogP contribution in [0.4, 0.5) is 5.69 Å². The van der Waals surface area contributed by atoms with Crippen LogP contribution in [0.25, 0.3) is 0 Å². The molecular weight excluding hydrogens is 240 g/mol. The molecule has 0 bridgehead atoms. The van der Waals surface area contributed by atoms with Gasteiger partial charge < -0.3 is 15.0 Å². The fourth-order valence-corrected chi connectivity index (χ4v) is 2.82. The van der Waals surface area contributed by atoms with Gasteiger partial charge in [-0.2, -0.15) is 0 Å². The molecule has 1 N–H and O–H groups in total. The van der Waals surface area contributed by atoms with Gasteiger partial charge in [0.2, 0.25) is 5.91 Å². The summed E-state index contributed by atoms with van der Waals surface area (Å²) in [7, 11) is 0. The van der Waals surface area contributed by atoms with Crippen molar-refractivity contribution in [2.24, 2.45) is 0 Å². The second-order valence-electron chi connectivity index (χ2n) is 5.22. The van der Waals surface area contributed by atoms with E-state index < -0.39 is 0 Å². The maximum atomic E-state index is 12.3. The molecule has 1 aromatic rings. The lowest BCUT2D eigenvalue weighted by molar-refractivity contribution is -0.118. The molecule has 19 heavy (non-hydrogen) atoms. The standard InChI is InChI=1S/C15H20N2O2/c18-15(10-16-13-7-9-19-11-13)17-8-3-5-12-4-1-2-6-14(12)17/h1-2,4,6,13,16H,3,5,7-11H2. The molecule has 0 aliphatic carbocycles. The molecule has 2 aliphatic heterocycles. The van der Waals surface area contributed by atoms with E-state index in [1.807, 2.05) is 23.1 Å². The summed E-state index contributed by atoms with van der Waals surface area (Å²) in [6.07, 6.45) is 3.13. The fourth-order valence-electron chi connectivity index (χ4n) is 2.82. The van der Waals surface area contributed by atoms with Gasteiger partial charge in [0.25, 0.3) is 0 Å². The molecule has 1 amide bonds. The molecule has 0 saturated carbocycles. The number of ether oxygens (including phenoxy) is 1. The van der Waals surface area contributed by atoms with Crippen molar-refractivity contribution in [1.29, 1.82) is 0 Å². The monoisotopic (exact) mass is 260 g/mol. The molecule has 3 rings (SSSR count). The maximum Gasteiger partial charge on any atom is 0.240 e. The van der Waals surface area contributed by atoms with Crippen LogP contribution >= 0.6 is 0 Å². The lowest BCUT2D eigenvalue weighted by Gasteiger charge is -2.30. The van der Waals surface area contributed by atoms with Gasteiger partial charge >= 0.3 is 0 Å². The maximum absolute atomic E-state index is 12.3. The number of hydrogen-bond donors (Lipinski definition) is 1. The molecule has 1 aromatic carbocycles. The van der Waals surface area contributed by atoms with Crippen molar-refractivity contribution >= 4 is 11.6 Å². The molecule has 1 unspecified atom stereocenters. The van der Waals surface area contributed by atoms with Gasteiger partial charge in [0.1, 0.15) is 0 Å². The fraction of sp³-hybridized carbons (Fsp3) is 0.533. The Morgan fingerprint density at radius 2 is 2.32 bits per heavy atom. The Labute approximate surface area is 113 Å². The number of carbonyl (C=O) groups is 1. The molecule has 2 aliphatic rings. The molecule has 0 spiro atoms. The molecular formula is C15H20N2O2. The highest BCUT2D eigenvalue weighted by atomic mass is 16.5. The van der Waals surface area contributed by atoms with Gasteiger partial charge in [-0.15, -0.1) is 0 Å². The highest BCUT2D eigenvalue weighted by molar-refractivity contribution is 5.95. The van der Waals surface area contributed by atoms with Crippen molar-refractivity contribution < 1.29 is 9.53 Å². The van der Waals surface area contributed by atoms with Crippen molar-refractivity contribution in [3.05, 3.63) is 29.8 Å². The average Bonchev–Trinajstić information content (AvgIpc) is 2.97. The Hall–Kier alpha value is -1.39. The van der Waals surface area contributed by atoms with Crippen LogP contribution < -0.4 is 10.2 Å². The normalized spacial score (nSPS) is 22.3. The summed E-state index contributed by atoms with van der Waals surface area (Å²) in [5.74, 6) is 0.166. The minimum atomic E-state index is 0.166. The summed E-state index contributed by atoms with van der Waals surface area (Å²) >= 11 is 0. The molecule has 1 fully saturated rings. The van der Waals surface area contributed by atoms with Crippen molar-refractivity contribution in [3.8, 4) is 0 Å². The van der Waals surface area contributed by atoms with Gasteiger partial charge in [-0.05, 0) is 30.9 Å². The summed E-state index contributed by atoms with van der Waals surface area (Å²) < 4.78 is 5.30. The number of carbonyl (C=O) groups excluding carboxylic acids is 1. The molecule has 1 atom stereocenters. The number of aryl methyl sites for hydroxylation is 1. The van der Waals surface area contributed by atoms with Gasteiger partial charge in [0.15, 0.2) is 0 Å². The summed E-state index contributed by atoms with van der Waals surface area (Å²) in [6, 6.07) is 8.55. The number of hydrogen-bond acceptors (Lipinski definition) is 3. The third kappa shape index (κ3) is 2.80. The molecule has 2 heterocycles. The van der Waals surface area contributed by atoms with E-state index in [0.717, 1.165) is 44.7 Å². The zero-order valence-corrected chi connectivity index (χ0v) is 11.1. The quantitative estimate of drug-likeness (QED) is 0.892. The van der Waals surface area contributed by atoms with E-state index in [9.17, 15) is 4.79 Å². The molecule has 1 saturated heterocycles. The smallest absolute Gasteiger partial charge is 0.240 e. The lowest BCUT2D eigenvalue weighted by atomic mass is 10.0. The van der Waals surface area contributed by atoms with E-state index in [2.05, 4.69) is 11.4 Å². The van der Waals surface area contributed by atoms with Crippen molar-refractivity contribution in [2.75, 3.05) is 31.2 Å². The largest absolute Gasteiger partial charge is 0.380 e. The van der Waals surface area contributed by atoms with Crippen LogP contribution in [0, 0.1) is 0 Å². The Kier molecular flexibility index (Phi) is 3.80. The highest BCUT2D eigenvalue weighted by Gasteiger charge is 2.23. The SMILES string of the molecule is O=C(CNC1CCOC1)N1CCCc2ccccc21. The van der Waals surface area contributed by atoms with Crippen LogP contribution in [-0.4, -0.2) is 38.3 Å². The second kappa shape index (κ2) is 5.72. The van der Waals surface area contributed by atoms with E-state index in [1.165, 1.54) is 5.56 Å². The number of para-hydroxylation sites is 1. The first-order valence-corrected chi connectivity index (χ1v) is 7.04. The highest BCUT2D eigenvalue weighted by Crippen LogP contribution is 2.26. The summed E-state index contributed by atoms with van der Waals surface area (Å²) in [5.41, 5.74) is 2.37. The molecule has 0 radical (unpaired) electrons. The van der Waals surface area contributed by atoms with Crippen molar-refractivity contribution in [1.82, 2.24) is 5.32 Å². The first kappa shape index (κ1) is 12.6. The van der Waals surface area contributed by atoms with E-state index in [4.69, 9.17) is 4.74 Å². The first-order chi connectivity index (χ1) is 9.34. The number of benzene rings is 1. The molecule has 4 nitrogen and oxygen atoms in total. The third-order valence-corrected chi connectivity index (χ3v) is 3.88. The summed E-state index contributed by atoms with van der Waals surface area (Å²) in [6.45, 7) is 2.77. The van der Waals surface area contributed by atoms with Crippen LogP contribution in [0.3, 0.4) is 0 Å². The number of fused-ring (bicyclic) bond motifs is 1. The zero-order chi connectivity index (χ0) is 13.1. The predicted octanol–water partition coefficient (Wildman–Crippen LogP) is 1.34. The number of anilines is 1. The van der Waals surface area contributed by atoms with Gasteiger partial charge in [0, 0.05) is 24.9 Å². The van der Waals surface area contributed by atoms with Crippen molar-refractivity contribution in [3.63, 3.8) is 0 Å². The first-order valence-electron chi connectivity index (χ1n) is 7.04. The van der Waals surface area contributed by atoms with E-state index in [0.29, 0.717) is 12.6 Å².